The minimum absolute atomic E-state index is 0.0120. The molecule has 4 aliphatic rings. The summed E-state index contributed by atoms with van der Waals surface area (Å²) in [6, 6.07) is 2.85. The van der Waals surface area contributed by atoms with Crippen LogP contribution in [0, 0.1) is 31.1 Å². The second-order valence-corrected chi connectivity index (χ2v) is 13.1. The first-order chi connectivity index (χ1) is 21.5. The van der Waals surface area contributed by atoms with Gasteiger partial charge < -0.3 is 29.4 Å². The number of benzene rings is 2. The predicted molar refractivity (Wildman–Crippen MR) is 165 cm³/mol. The Morgan fingerprint density at radius 2 is 1.91 bits per heavy atom. The molecule has 240 valence electrons. The van der Waals surface area contributed by atoms with Gasteiger partial charge in [-0.1, -0.05) is 19.9 Å². The van der Waals surface area contributed by atoms with Crippen molar-refractivity contribution in [1.82, 2.24) is 15.1 Å². The van der Waals surface area contributed by atoms with E-state index in [1.807, 2.05) is 34.7 Å². The van der Waals surface area contributed by atoms with Crippen LogP contribution < -0.4 is 24.3 Å². The molecule has 4 aliphatic heterocycles. The lowest BCUT2D eigenvalue weighted by Gasteiger charge is -2.57. The van der Waals surface area contributed by atoms with E-state index in [0.717, 1.165) is 27.8 Å². The second kappa shape index (κ2) is 11.7. The quantitative estimate of drug-likeness (QED) is 0.362. The summed E-state index contributed by atoms with van der Waals surface area (Å²) in [5, 5.41) is 25.7. The average Bonchev–Trinajstić information content (AvgIpc) is 3.43. The van der Waals surface area contributed by atoms with Gasteiger partial charge in [0.2, 0.25) is 12.7 Å². The Kier molecular flexibility index (Phi) is 8.08. The van der Waals surface area contributed by atoms with E-state index in [0.29, 0.717) is 54.2 Å². The molecule has 0 saturated carbocycles. The first kappa shape index (κ1) is 31.0. The molecule has 0 aromatic heterocycles. The summed E-state index contributed by atoms with van der Waals surface area (Å²) in [6.45, 7) is 9.35. The van der Waals surface area contributed by atoms with E-state index in [2.05, 4.69) is 27.3 Å². The Labute approximate surface area is 264 Å². The van der Waals surface area contributed by atoms with Gasteiger partial charge >= 0.3 is 5.97 Å². The van der Waals surface area contributed by atoms with Gasteiger partial charge in [0, 0.05) is 54.2 Å². The summed E-state index contributed by atoms with van der Waals surface area (Å²) in [7, 11) is 3.57. The molecule has 2 aromatic carbocycles. The minimum atomic E-state index is -0.535. The SMILES string of the molecule is COc1c(C)cc2c(c1O)[C@@H]1C3Cc4c(OC(C)=O)c(C)c5c(c4[C@H](CNC(=O)CC(C)C)N3[C@@H](C#N)[C@H](CC2)N1C)OCO5. The fourth-order valence-corrected chi connectivity index (χ4v) is 8.19. The number of fused-ring (bicyclic) bond motifs is 9. The van der Waals surface area contributed by atoms with E-state index >= 15 is 0 Å². The highest BCUT2D eigenvalue weighted by Gasteiger charge is 2.55. The van der Waals surface area contributed by atoms with E-state index in [1.54, 1.807) is 7.11 Å². The van der Waals surface area contributed by atoms with Crippen molar-refractivity contribution in [3.05, 3.63) is 39.4 Å². The number of methoxy groups -OCH3 is 1. The van der Waals surface area contributed by atoms with Gasteiger partial charge in [-0.15, -0.1) is 0 Å². The molecule has 11 heteroatoms. The Morgan fingerprint density at radius 1 is 1.18 bits per heavy atom. The number of likely N-dealkylation sites (N-methyl/N-ethyl adjacent to an activating group) is 1. The number of nitrogens with one attached hydrogen (secondary N) is 1. The number of amides is 1. The van der Waals surface area contributed by atoms with Crippen molar-refractivity contribution in [3.63, 3.8) is 0 Å². The highest BCUT2D eigenvalue weighted by Crippen LogP contribution is 2.57. The zero-order valence-electron chi connectivity index (χ0n) is 27.0. The molecule has 0 spiro atoms. The van der Waals surface area contributed by atoms with Gasteiger partial charge in [0.05, 0.1) is 25.3 Å². The van der Waals surface area contributed by atoms with Gasteiger partial charge in [-0.3, -0.25) is 19.4 Å². The zero-order chi connectivity index (χ0) is 32.3. The molecule has 4 heterocycles. The maximum atomic E-state index is 13.1. The maximum absolute atomic E-state index is 13.1. The van der Waals surface area contributed by atoms with Gasteiger partial charge in [0.15, 0.2) is 23.0 Å². The zero-order valence-corrected chi connectivity index (χ0v) is 27.0. The number of aromatic hydroxyl groups is 1. The molecular weight excluding hydrogens is 576 g/mol. The molecule has 2 bridgehead atoms. The number of carbonyl (C=O) groups is 2. The van der Waals surface area contributed by atoms with E-state index in [4.69, 9.17) is 18.9 Å². The molecule has 2 aromatic rings. The Balaban J connectivity index is 1.60. The topological polar surface area (TPSA) is 134 Å². The Bertz CT molecular complexity index is 1600. The molecule has 5 atom stereocenters. The lowest BCUT2D eigenvalue weighted by molar-refractivity contribution is -0.132. The fourth-order valence-electron chi connectivity index (χ4n) is 8.19. The largest absolute Gasteiger partial charge is 0.504 e. The maximum Gasteiger partial charge on any atom is 0.308 e. The van der Waals surface area contributed by atoms with Crippen LogP contribution in [0.4, 0.5) is 0 Å². The summed E-state index contributed by atoms with van der Waals surface area (Å²) in [5.41, 5.74) is 4.86. The minimum Gasteiger partial charge on any atom is -0.504 e. The fraction of sp³-hybridized carbons (Fsp3) is 0.559. The molecule has 0 radical (unpaired) electrons. The first-order valence-corrected chi connectivity index (χ1v) is 15.7. The number of phenols is 1. The van der Waals surface area contributed by atoms with Crippen LogP contribution in [-0.2, 0) is 22.4 Å². The Hall–Kier alpha value is -4.01. The van der Waals surface area contributed by atoms with Crippen molar-refractivity contribution in [3.8, 4) is 34.8 Å². The molecule has 6 rings (SSSR count). The monoisotopic (exact) mass is 618 g/mol. The third-order valence-electron chi connectivity index (χ3n) is 9.88. The summed E-state index contributed by atoms with van der Waals surface area (Å²) in [6.07, 6.45) is 2.16. The van der Waals surface area contributed by atoms with Crippen LogP contribution in [0.1, 0.15) is 79.1 Å². The van der Waals surface area contributed by atoms with Crippen molar-refractivity contribution in [1.29, 1.82) is 5.26 Å². The summed E-state index contributed by atoms with van der Waals surface area (Å²) in [5.74, 6) is 1.64. The molecule has 1 saturated heterocycles. The number of rotatable bonds is 6. The van der Waals surface area contributed by atoms with Crippen molar-refractivity contribution in [2.45, 2.75) is 90.5 Å². The van der Waals surface area contributed by atoms with Crippen LogP contribution in [0.25, 0.3) is 0 Å². The van der Waals surface area contributed by atoms with Crippen LogP contribution >= 0.6 is 0 Å². The number of piperazine rings is 1. The number of nitrogens with zero attached hydrogens (tertiary/aromatic N) is 3. The second-order valence-electron chi connectivity index (χ2n) is 13.1. The van der Waals surface area contributed by atoms with Crippen molar-refractivity contribution in [2.24, 2.45) is 5.92 Å². The normalized spacial score (nSPS) is 25.0. The van der Waals surface area contributed by atoms with Crippen LogP contribution in [0.5, 0.6) is 28.7 Å². The van der Waals surface area contributed by atoms with E-state index in [1.165, 1.54) is 6.92 Å². The first-order valence-electron chi connectivity index (χ1n) is 15.7. The van der Waals surface area contributed by atoms with Gasteiger partial charge in [-0.2, -0.15) is 5.26 Å². The number of aryl methyl sites for hydroxylation is 2. The smallest absolute Gasteiger partial charge is 0.308 e. The summed E-state index contributed by atoms with van der Waals surface area (Å²) >= 11 is 0. The average molecular weight is 619 g/mol. The number of ether oxygens (including phenoxy) is 4. The summed E-state index contributed by atoms with van der Waals surface area (Å²) in [4.78, 5) is 29.9. The van der Waals surface area contributed by atoms with Crippen LogP contribution in [-0.4, -0.2) is 72.4 Å². The number of phenolic OH excluding ortho intramolecular Hbond substituents is 1. The molecule has 1 fully saturated rings. The van der Waals surface area contributed by atoms with Crippen LogP contribution in [0.3, 0.4) is 0 Å². The molecule has 2 N–H and O–H groups in total. The van der Waals surface area contributed by atoms with E-state index in [-0.39, 0.29) is 49.0 Å². The highest BCUT2D eigenvalue weighted by molar-refractivity contribution is 5.77. The Morgan fingerprint density at radius 3 is 2.58 bits per heavy atom. The number of nitriles is 1. The molecule has 1 amide bonds. The number of carbonyl (C=O) groups excluding carboxylic acids is 2. The van der Waals surface area contributed by atoms with Crippen molar-refractivity contribution >= 4 is 11.9 Å². The molecule has 0 aliphatic carbocycles. The lowest BCUT2D eigenvalue weighted by atomic mass is 9.76. The number of esters is 1. The van der Waals surface area contributed by atoms with E-state index in [9.17, 15) is 20.0 Å². The number of hydrogen-bond donors (Lipinski definition) is 2. The van der Waals surface area contributed by atoms with Crippen LogP contribution in [0.2, 0.25) is 0 Å². The van der Waals surface area contributed by atoms with Crippen molar-refractivity contribution in [2.75, 3.05) is 27.5 Å². The van der Waals surface area contributed by atoms with Crippen molar-refractivity contribution < 1.29 is 33.6 Å². The molecule has 1 unspecified atom stereocenters. The predicted octanol–water partition coefficient (Wildman–Crippen LogP) is 4.00. The summed E-state index contributed by atoms with van der Waals surface area (Å²) < 4.78 is 23.6. The number of hydrogen-bond acceptors (Lipinski definition) is 10. The highest BCUT2D eigenvalue weighted by atomic mass is 16.7. The van der Waals surface area contributed by atoms with Gasteiger partial charge in [-0.05, 0) is 57.2 Å². The molecule has 45 heavy (non-hydrogen) atoms. The third-order valence-corrected chi connectivity index (χ3v) is 9.88. The standard InChI is InChI=1S/C34H42N4O7/c1-16(2)10-26(40)36-14-25-28-21(32(45-19(5)39)18(4)33-34(28)44-15-43-33)12-23-29-27-20(11-17(3)31(42-7)30(27)41)8-9-22(37(29)6)24(13-35)38(23)25/h11,16,22-25,29,41H,8-10,12,14-15H2,1-7H3,(H,36,40)/t22-,23?,24-,25-,29-/m0/s1. The molecular formula is C34H42N4O7. The van der Waals surface area contributed by atoms with Gasteiger partial charge in [0.25, 0.3) is 0 Å². The third kappa shape index (κ3) is 4.95. The van der Waals surface area contributed by atoms with Gasteiger partial charge in [0.1, 0.15) is 11.8 Å². The molecule has 11 nitrogen and oxygen atoms in total. The lowest BCUT2D eigenvalue weighted by Crippen LogP contribution is -2.66. The van der Waals surface area contributed by atoms with Gasteiger partial charge in [-0.25, -0.2) is 0 Å². The van der Waals surface area contributed by atoms with Crippen LogP contribution in [0.15, 0.2) is 6.07 Å². The van der Waals surface area contributed by atoms with E-state index < -0.39 is 18.1 Å².